The highest BCUT2D eigenvalue weighted by atomic mass is 16.1. The molecule has 2 N–H and O–H groups in total. The van der Waals surface area contributed by atoms with E-state index in [9.17, 15) is 4.79 Å². The summed E-state index contributed by atoms with van der Waals surface area (Å²) in [7, 11) is 1.93. The van der Waals surface area contributed by atoms with Gasteiger partial charge in [-0.05, 0) is 6.07 Å². The number of carbonyl (C=O) groups excluding carboxylic acids is 1. The molecule has 100 valence electrons. The Balaban J connectivity index is 1.79. The van der Waals surface area contributed by atoms with Crippen LogP contribution in [-0.4, -0.2) is 66.0 Å². The van der Waals surface area contributed by atoms with Crippen molar-refractivity contribution >= 4 is 5.78 Å². The minimum atomic E-state index is 0.211. The fraction of sp³-hybridized carbons (Fsp3) is 0.615. The van der Waals surface area contributed by atoms with Crippen molar-refractivity contribution in [2.24, 2.45) is 12.8 Å². The number of hydrogen-bond acceptors (Lipinski definition) is 4. The van der Waals surface area contributed by atoms with Crippen LogP contribution in [0.25, 0.3) is 0 Å². The third-order valence-electron chi connectivity index (χ3n) is 3.43. The second-order valence-electron chi connectivity index (χ2n) is 4.90. The van der Waals surface area contributed by atoms with Crippen LogP contribution < -0.4 is 5.73 Å². The van der Waals surface area contributed by atoms with Gasteiger partial charge in [-0.25, -0.2) is 0 Å². The van der Waals surface area contributed by atoms with E-state index in [1.165, 1.54) is 0 Å². The standard InChI is InChI=1S/C13H22N4O/c1-15-4-2-12(10-15)13(18)11-17-8-6-16(5-3-14)7-9-17/h2,4,10H,3,5-9,11,14H2,1H3. The third kappa shape index (κ3) is 3.41. The number of ketones is 1. The maximum atomic E-state index is 12.0. The van der Waals surface area contributed by atoms with E-state index in [1.54, 1.807) is 0 Å². The fourth-order valence-corrected chi connectivity index (χ4v) is 2.32. The van der Waals surface area contributed by atoms with Gasteiger partial charge in [-0.1, -0.05) is 0 Å². The fourth-order valence-electron chi connectivity index (χ4n) is 2.32. The molecule has 0 atom stereocenters. The third-order valence-corrected chi connectivity index (χ3v) is 3.43. The lowest BCUT2D eigenvalue weighted by atomic mass is 10.2. The molecule has 0 radical (unpaired) electrons. The van der Waals surface area contributed by atoms with Crippen LogP contribution in [0.15, 0.2) is 18.5 Å². The SMILES string of the molecule is Cn1ccc(C(=O)CN2CCN(CCN)CC2)c1. The van der Waals surface area contributed by atoms with Crippen LogP contribution >= 0.6 is 0 Å². The predicted molar refractivity (Wildman–Crippen MR) is 71.7 cm³/mol. The van der Waals surface area contributed by atoms with Gasteiger partial charge in [0.1, 0.15) is 0 Å². The van der Waals surface area contributed by atoms with Crippen molar-refractivity contribution in [3.8, 4) is 0 Å². The monoisotopic (exact) mass is 250 g/mol. The Morgan fingerprint density at radius 3 is 2.50 bits per heavy atom. The van der Waals surface area contributed by atoms with Gasteiger partial charge >= 0.3 is 0 Å². The number of Topliss-reactive ketones (excluding diaryl/α,β-unsaturated/α-hetero) is 1. The summed E-state index contributed by atoms with van der Waals surface area (Å²) in [6, 6.07) is 1.88. The average Bonchev–Trinajstić information content (AvgIpc) is 2.79. The summed E-state index contributed by atoms with van der Waals surface area (Å²) in [5, 5.41) is 0. The molecule has 0 bridgehead atoms. The van der Waals surface area contributed by atoms with Gasteiger partial charge < -0.3 is 10.3 Å². The summed E-state index contributed by atoms with van der Waals surface area (Å²) >= 11 is 0. The van der Waals surface area contributed by atoms with Crippen LogP contribution in [0.3, 0.4) is 0 Å². The molecule has 1 aromatic rings. The Morgan fingerprint density at radius 1 is 1.28 bits per heavy atom. The van der Waals surface area contributed by atoms with E-state index in [0.29, 0.717) is 13.1 Å². The van der Waals surface area contributed by atoms with E-state index in [0.717, 1.165) is 38.3 Å². The highest BCUT2D eigenvalue weighted by molar-refractivity contribution is 5.97. The Hall–Kier alpha value is -1.17. The maximum absolute atomic E-state index is 12.0. The van der Waals surface area contributed by atoms with Gasteiger partial charge in [-0.3, -0.25) is 14.6 Å². The number of nitrogens with zero attached hydrogens (tertiary/aromatic N) is 3. The summed E-state index contributed by atoms with van der Waals surface area (Å²) in [6.07, 6.45) is 3.79. The molecule has 5 nitrogen and oxygen atoms in total. The molecule has 1 saturated heterocycles. The Labute approximate surface area is 108 Å². The van der Waals surface area contributed by atoms with Crippen LogP contribution in [0.1, 0.15) is 10.4 Å². The summed E-state index contributed by atoms with van der Waals surface area (Å²) in [5.74, 6) is 0.211. The summed E-state index contributed by atoms with van der Waals surface area (Å²) in [4.78, 5) is 16.6. The molecule has 0 unspecified atom stereocenters. The molecule has 1 aromatic heterocycles. The highest BCUT2D eigenvalue weighted by Crippen LogP contribution is 2.05. The number of aryl methyl sites for hydroxylation is 1. The van der Waals surface area contributed by atoms with Crippen LogP contribution in [0.4, 0.5) is 0 Å². The average molecular weight is 250 g/mol. The molecule has 2 heterocycles. The number of rotatable bonds is 5. The van der Waals surface area contributed by atoms with Gasteiger partial charge in [0.25, 0.3) is 0 Å². The number of carbonyl (C=O) groups is 1. The zero-order valence-corrected chi connectivity index (χ0v) is 11.0. The van der Waals surface area contributed by atoms with E-state index in [4.69, 9.17) is 5.73 Å². The minimum Gasteiger partial charge on any atom is -0.357 e. The van der Waals surface area contributed by atoms with Crippen LogP contribution in [0, 0.1) is 0 Å². The van der Waals surface area contributed by atoms with E-state index >= 15 is 0 Å². The molecular formula is C13H22N4O. The van der Waals surface area contributed by atoms with Gasteiger partial charge in [0.05, 0.1) is 6.54 Å². The number of hydrogen-bond donors (Lipinski definition) is 1. The molecule has 1 aliphatic heterocycles. The first kappa shape index (κ1) is 13.3. The molecule has 0 saturated carbocycles. The molecule has 5 heteroatoms. The van der Waals surface area contributed by atoms with Crippen molar-refractivity contribution in [2.75, 3.05) is 45.8 Å². The Bertz CT molecular complexity index is 393. The first-order chi connectivity index (χ1) is 8.69. The van der Waals surface area contributed by atoms with Crippen molar-refractivity contribution in [3.63, 3.8) is 0 Å². The summed E-state index contributed by atoms with van der Waals surface area (Å²) in [5.41, 5.74) is 6.35. The number of nitrogens with two attached hydrogens (primary N) is 1. The molecule has 18 heavy (non-hydrogen) atoms. The van der Waals surface area contributed by atoms with Crippen LogP contribution in [0.2, 0.25) is 0 Å². The normalized spacial score (nSPS) is 18.1. The molecule has 1 fully saturated rings. The smallest absolute Gasteiger partial charge is 0.178 e. The predicted octanol–water partition coefficient (Wildman–Crippen LogP) is -0.216. The summed E-state index contributed by atoms with van der Waals surface area (Å²) in [6.45, 7) is 6.14. The first-order valence-corrected chi connectivity index (χ1v) is 6.49. The van der Waals surface area contributed by atoms with Crippen molar-refractivity contribution < 1.29 is 4.79 Å². The van der Waals surface area contributed by atoms with E-state index in [1.807, 2.05) is 30.1 Å². The van der Waals surface area contributed by atoms with Gasteiger partial charge in [-0.15, -0.1) is 0 Å². The molecule has 1 aliphatic rings. The van der Waals surface area contributed by atoms with Gasteiger partial charge in [0, 0.05) is 64.3 Å². The van der Waals surface area contributed by atoms with Crippen LogP contribution in [-0.2, 0) is 7.05 Å². The van der Waals surface area contributed by atoms with Crippen molar-refractivity contribution in [3.05, 3.63) is 24.0 Å². The Morgan fingerprint density at radius 2 is 1.94 bits per heavy atom. The van der Waals surface area contributed by atoms with Gasteiger partial charge in [-0.2, -0.15) is 0 Å². The molecule has 0 aliphatic carbocycles. The van der Waals surface area contributed by atoms with Crippen LogP contribution in [0.5, 0.6) is 0 Å². The van der Waals surface area contributed by atoms with Crippen molar-refractivity contribution in [2.45, 2.75) is 0 Å². The lowest BCUT2D eigenvalue weighted by Gasteiger charge is -2.33. The molecule has 2 rings (SSSR count). The largest absolute Gasteiger partial charge is 0.357 e. The van der Waals surface area contributed by atoms with Crippen molar-refractivity contribution in [1.82, 2.24) is 14.4 Å². The van der Waals surface area contributed by atoms with E-state index in [-0.39, 0.29) is 5.78 Å². The minimum absolute atomic E-state index is 0.211. The zero-order valence-electron chi connectivity index (χ0n) is 11.0. The van der Waals surface area contributed by atoms with E-state index < -0.39 is 0 Å². The topological polar surface area (TPSA) is 54.5 Å². The highest BCUT2D eigenvalue weighted by Gasteiger charge is 2.19. The molecular weight excluding hydrogens is 228 g/mol. The first-order valence-electron chi connectivity index (χ1n) is 6.49. The lowest BCUT2D eigenvalue weighted by molar-refractivity contribution is 0.0856. The Kier molecular flexibility index (Phi) is 4.52. The van der Waals surface area contributed by atoms with Gasteiger partial charge in [0.15, 0.2) is 5.78 Å². The molecule has 0 spiro atoms. The number of aromatic nitrogens is 1. The lowest BCUT2D eigenvalue weighted by Crippen LogP contribution is -2.48. The van der Waals surface area contributed by atoms with Crippen molar-refractivity contribution in [1.29, 1.82) is 0 Å². The van der Waals surface area contributed by atoms with Gasteiger partial charge in [0.2, 0.25) is 0 Å². The second kappa shape index (κ2) is 6.13. The summed E-state index contributed by atoms with van der Waals surface area (Å²) < 4.78 is 1.91. The molecule has 0 amide bonds. The quantitative estimate of drug-likeness (QED) is 0.734. The van der Waals surface area contributed by atoms with E-state index in [2.05, 4.69) is 9.80 Å². The number of piperazine rings is 1. The second-order valence-corrected chi connectivity index (χ2v) is 4.90. The molecule has 0 aromatic carbocycles. The maximum Gasteiger partial charge on any atom is 0.178 e. The zero-order chi connectivity index (χ0) is 13.0.